The van der Waals surface area contributed by atoms with Gasteiger partial charge in [-0.2, -0.15) is 0 Å². The molecule has 1 N–H and O–H groups in total. The van der Waals surface area contributed by atoms with Gasteiger partial charge in [0.05, 0.1) is 5.39 Å². The van der Waals surface area contributed by atoms with Gasteiger partial charge in [0.15, 0.2) is 5.82 Å². The van der Waals surface area contributed by atoms with Gasteiger partial charge in [0, 0.05) is 13.2 Å². The summed E-state index contributed by atoms with van der Waals surface area (Å²) in [6.45, 7) is 0. The fourth-order valence-corrected chi connectivity index (χ4v) is 0.962. The molecule has 4 heteroatoms. The standard InChI is InChI=1S/C7H7N3O/c1-8-6-5-3-2-4-9-7(5)11-10-6/h2-4H,1H3,(H,8,10). The molecule has 0 aliphatic heterocycles. The minimum absolute atomic E-state index is 0.567. The molecule has 0 fully saturated rings. The third-order valence-corrected chi connectivity index (χ3v) is 1.49. The van der Waals surface area contributed by atoms with Crippen molar-refractivity contribution in [2.45, 2.75) is 0 Å². The largest absolute Gasteiger partial charge is 0.370 e. The average molecular weight is 149 g/mol. The predicted molar refractivity (Wildman–Crippen MR) is 41.4 cm³/mol. The van der Waals surface area contributed by atoms with E-state index in [1.807, 2.05) is 12.1 Å². The van der Waals surface area contributed by atoms with E-state index in [4.69, 9.17) is 4.52 Å². The van der Waals surface area contributed by atoms with E-state index in [-0.39, 0.29) is 0 Å². The van der Waals surface area contributed by atoms with Crippen molar-refractivity contribution in [2.75, 3.05) is 12.4 Å². The van der Waals surface area contributed by atoms with Crippen LogP contribution in [-0.2, 0) is 0 Å². The van der Waals surface area contributed by atoms with Crippen LogP contribution in [0.25, 0.3) is 11.1 Å². The second-order valence-electron chi connectivity index (χ2n) is 2.14. The Balaban J connectivity index is 2.76. The molecule has 0 unspecified atom stereocenters. The molecule has 56 valence electrons. The summed E-state index contributed by atoms with van der Waals surface area (Å²) < 4.78 is 4.92. The van der Waals surface area contributed by atoms with Crippen molar-refractivity contribution in [3.8, 4) is 0 Å². The van der Waals surface area contributed by atoms with E-state index in [0.717, 1.165) is 11.2 Å². The molecule has 0 bridgehead atoms. The minimum atomic E-state index is 0.567. The molecule has 0 spiro atoms. The van der Waals surface area contributed by atoms with Crippen molar-refractivity contribution in [3.05, 3.63) is 18.3 Å². The number of nitrogens with zero attached hydrogens (tertiary/aromatic N) is 2. The number of fused-ring (bicyclic) bond motifs is 1. The molecule has 4 nitrogen and oxygen atoms in total. The number of nitrogens with one attached hydrogen (secondary N) is 1. The zero-order valence-corrected chi connectivity index (χ0v) is 6.03. The topological polar surface area (TPSA) is 51.0 Å². The van der Waals surface area contributed by atoms with Crippen molar-refractivity contribution in [1.29, 1.82) is 0 Å². The first kappa shape index (κ1) is 6.15. The van der Waals surface area contributed by atoms with Gasteiger partial charge in [-0.3, -0.25) is 0 Å². The van der Waals surface area contributed by atoms with Crippen LogP contribution < -0.4 is 5.32 Å². The molecule has 0 radical (unpaired) electrons. The molecule has 2 aromatic heterocycles. The van der Waals surface area contributed by atoms with Crippen molar-refractivity contribution < 1.29 is 4.52 Å². The second kappa shape index (κ2) is 2.23. The van der Waals surface area contributed by atoms with Crippen LogP contribution >= 0.6 is 0 Å². The van der Waals surface area contributed by atoms with Gasteiger partial charge in [0.2, 0.25) is 0 Å². The Morgan fingerprint density at radius 1 is 1.55 bits per heavy atom. The number of aromatic nitrogens is 2. The Bertz CT molecular complexity index is 368. The number of rotatable bonds is 1. The van der Waals surface area contributed by atoms with Crippen molar-refractivity contribution in [2.24, 2.45) is 0 Å². The molecule has 0 amide bonds. The highest BCUT2D eigenvalue weighted by Gasteiger charge is 2.04. The number of anilines is 1. The lowest BCUT2D eigenvalue weighted by Gasteiger charge is -1.88. The van der Waals surface area contributed by atoms with Crippen LogP contribution in [-0.4, -0.2) is 17.2 Å². The molecule has 0 aliphatic carbocycles. The number of hydrogen-bond acceptors (Lipinski definition) is 4. The molecule has 11 heavy (non-hydrogen) atoms. The van der Waals surface area contributed by atoms with E-state index in [9.17, 15) is 0 Å². The molecular weight excluding hydrogens is 142 g/mol. The van der Waals surface area contributed by atoms with Crippen LogP contribution in [0.2, 0.25) is 0 Å². The molecule has 0 aliphatic rings. The Hall–Kier alpha value is -1.58. The summed E-state index contributed by atoms with van der Waals surface area (Å²) in [7, 11) is 1.80. The zero-order chi connectivity index (χ0) is 7.68. The predicted octanol–water partition coefficient (Wildman–Crippen LogP) is 1.26. The van der Waals surface area contributed by atoms with Crippen molar-refractivity contribution in [1.82, 2.24) is 10.1 Å². The maximum Gasteiger partial charge on any atom is 0.259 e. The van der Waals surface area contributed by atoms with E-state index in [1.54, 1.807) is 13.2 Å². The van der Waals surface area contributed by atoms with Gasteiger partial charge in [-0.1, -0.05) is 5.16 Å². The molecule has 0 saturated carbocycles. The average Bonchev–Trinajstić information content (AvgIpc) is 2.47. The molecule has 0 aromatic carbocycles. The Labute approximate surface area is 63.2 Å². The van der Waals surface area contributed by atoms with Gasteiger partial charge in [-0.25, -0.2) is 4.98 Å². The summed E-state index contributed by atoms with van der Waals surface area (Å²) in [5.74, 6) is 0.730. The summed E-state index contributed by atoms with van der Waals surface area (Å²) >= 11 is 0. The highest BCUT2D eigenvalue weighted by molar-refractivity contribution is 5.84. The van der Waals surface area contributed by atoms with Crippen LogP contribution in [0, 0.1) is 0 Å². The van der Waals surface area contributed by atoms with Gasteiger partial charge in [0.25, 0.3) is 5.71 Å². The minimum Gasteiger partial charge on any atom is -0.370 e. The first-order chi connectivity index (χ1) is 5.42. The van der Waals surface area contributed by atoms with E-state index in [2.05, 4.69) is 15.5 Å². The zero-order valence-electron chi connectivity index (χ0n) is 6.03. The molecule has 0 saturated heterocycles. The normalized spacial score (nSPS) is 10.3. The third-order valence-electron chi connectivity index (χ3n) is 1.49. The highest BCUT2D eigenvalue weighted by Crippen LogP contribution is 2.18. The summed E-state index contributed by atoms with van der Waals surface area (Å²) in [5.41, 5.74) is 0.567. The maximum atomic E-state index is 4.92. The van der Waals surface area contributed by atoms with Gasteiger partial charge in [-0.05, 0) is 12.1 Å². The molecule has 0 atom stereocenters. The van der Waals surface area contributed by atoms with E-state index in [1.165, 1.54) is 0 Å². The van der Waals surface area contributed by atoms with E-state index < -0.39 is 0 Å². The Kier molecular flexibility index (Phi) is 1.25. The SMILES string of the molecule is CNc1noc2ncccc12. The summed E-state index contributed by atoms with van der Waals surface area (Å²) in [6.07, 6.45) is 1.67. The fourth-order valence-electron chi connectivity index (χ4n) is 0.962. The smallest absolute Gasteiger partial charge is 0.259 e. The lowest BCUT2D eigenvalue weighted by molar-refractivity contribution is 0.452. The van der Waals surface area contributed by atoms with Crippen LogP contribution in [0.15, 0.2) is 22.9 Å². The van der Waals surface area contributed by atoms with Crippen molar-refractivity contribution in [3.63, 3.8) is 0 Å². The number of pyridine rings is 1. The van der Waals surface area contributed by atoms with Gasteiger partial charge < -0.3 is 9.84 Å². The molecular formula is C7H7N3O. The fraction of sp³-hybridized carbons (Fsp3) is 0.143. The summed E-state index contributed by atoms with van der Waals surface area (Å²) in [6, 6.07) is 3.76. The molecule has 2 rings (SSSR count). The molecule has 2 aromatic rings. The summed E-state index contributed by atoms with van der Waals surface area (Å²) in [5, 5.41) is 7.58. The number of hydrogen-bond donors (Lipinski definition) is 1. The quantitative estimate of drug-likeness (QED) is 0.663. The second-order valence-corrected chi connectivity index (χ2v) is 2.14. The van der Waals surface area contributed by atoms with Gasteiger partial charge in [0.1, 0.15) is 0 Å². The maximum absolute atomic E-state index is 4.92. The van der Waals surface area contributed by atoms with Gasteiger partial charge in [-0.15, -0.1) is 0 Å². The molecule has 2 heterocycles. The van der Waals surface area contributed by atoms with Crippen LogP contribution in [0.4, 0.5) is 5.82 Å². The summed E-state index contributed by atoms with van der Waals surface area (Å²) in [4.78, 5) is 3.98. The monoisotopic (exact) mass is 149 g/mol. The van der Waals surface area contributed by atoms with Crippen LogP contribution in [0.5, 0.6) is 0 Å². The Morgan fingerprint density at radius 3 is 3.27 bits per heavy atom. The van der Waals surface area contributed by atoms with E-state index >= 15 is 0 Å². The van der Waals surface area contributed by atoms with Crippen molar-refractivity contribution >= 4 is 16.9 Å². The Morgan fingerprint density at radius 2 is 2.45 bits per heavy atom. The lowest BCUT2D eigenvalue weighted by atomic mass is 10.3. The van der Waals surface area contributed by atoms with E-state index in [0.29, 0.717) is 5.71 Å². The first-order valence-electron chi connectivity index (χ1n) is 3.30. The van der Waals surface area contributed by atoms with Crippen LogP contribution in [0.1, 0.15) is 0 Å². The van der Waals surface area contributed by atoms with Crippen LogP contribution in [0.3, 0.4) is 0 Å². The highest BCUT2D eigenvalue weighted by atomic mass is 16.5. The van der Waals surface area contributed by atoms with Gasteiger partial charge >= 0.3 is 0 Å². The third kappa shape index (κ3) is 0.832. The first-order valence-corrected chi connectivity index (χ1v) is 3.30. The lowest BCUT2D eigenvalue weighted by Crippen LogP contribution is -1.86.